The molecular weight excluding hydrogens is 282 g/mol. The van der Waals surface area contributed by atoms with E-state index in [2.05, 4.69) is 20.6 Å². The summed E-state index contributed by atoms with van der Waals surface area (Å²) in [6, 6.07) is 10.3. The number of anilines is 2. The van der Waals surface area contributed by atoms with E-state index in [0.29, 0.717) is 17.4 Å². The molecule has 0 aliphatic heterocycles. The first-order chi connectivity index (χ1) is 10.7. The molecule has 0 aliphatic rings. The fourth-order valence-corrected chi connectivity index (χ4v) is 1.53. The van der Waals surface area contributed by atoms with Crippen molar-refractivity contribution < 1.29 is 9.53 Å². The van der Waals surface area contributed by atoms with Crippen LogP contribution in [0.3, 0.4) is 0 Å². The molecule has 22 heavy (non-hydrogen) atoms. The van der Waals surface area contributed by atoms with E-state index in [0.717, 1.165) is 0 Å². The molecule has 1 aromatic carbocycles. The number of benzene rings is 1. The maximum atomic E-state index is 12.0. The Labute approximate surface area is 127 Å². The number of ether oxygens (including phenoxy) is 1. The predicted octanol–water partition coefficient (Wildman–Crippen LogP) is 1.94. The number of nitrogens with zero attached hydrogens (tertiary/aromatic N) is 3. The number of carbonyl (C=O) groups excluding carboxylic acids is 1. The molecule has 0 saturated heterocycles. The lowest BCUT2D eigenvalue weighted by molar-refractivity contribution is -0.112. The summed E-state index contributed by atoms with van der Waals surface area (Å²) in [5, 5.41) is 14.4. The number of nitriles is 1. The minimum Gasteiger partial charge on any atom is -0.497 e. The topological polar surface area (TPSA) is 99.9 Å². The number of amides is 1. The fraction of sp³-hybridized carbons (Fsp3) is 0.0667. The van der Waals surface area contributed by atoms with Crippen molar-refractivity contribution in [1.82, 2.24) is 9.97 Å². The van der Waals surface area contributed by atoms with E-state index < -0.39 is 5.91 Å². The summed E-state index contributed by atoms with van der Waals surface area (Å²) in [5.74, 6) is 0.445. The molecule has 7 heteroatoms. The molecule has 0 bridgehead atoms. The second-order valence-corrected chi connectivity index (χ2v) is 4.07. The zero-order valence-electron chi connectivity index (χ0n) is 11.8. The quantitative estimate of drug-likeness (QED) is 0.646. The Hall–Kier alpha value is -3.40. The lowest BCUT2D eigenvalue weighted by atomic mass is 10.2. The van der Waals surface area contributed by atoms with Crippen molar-refractivity contribution in [2.45, 2.75) is 0 Å². The van der Waals surface area contributed by atoms with Crippen molar-refractivity contribution in [2.24, 2.45) is 0 Å². The third-order valence-electron chi connectivity index (χ3n) is 2.62. The molecule has 1 aromatic heterocycles. The largest absolute Gasteiger partial charge is 0.497 e. The summed E-state index contributed by atoms with van der Waals surface area (Å²) in [6.45, 7) is 0. The third-order valence-corrected chi connectivity index (χ3v) is 2.62. The van der Waals surface area contributed by atoms with Gasteiger partial charge in [0.1, 0.15) is 17.4 Å². The summed E-state index contributed by atoms with van der Waals surface area (Å²) < 4.78 is 5.03. The molecule has 0 aliphatic carbocycles. The average molecular weight is 295 g/mol. The molecule has 2 N–H and O–H groups in total. The number of hydrogen-bond acceptors (Lipinski definition) is 6. The molecular formula is C15H13N5O2. The Morgan fingerprint density at radius 2 is 1.95 bits per heavy atom. The maximum Gasteiger partial charge on any atom is 0.267 e. The van der Waals surface area contributed by atoms with Gasteiger partial charge in [-0.1, -0.05) is 0 Å². The van der Waals surface area contributed by atoms with Crippen LogP contribution in [0.1, 0.15) is 0 Å². The van der Waals surface area contributed by atoms with Crippen LogP contribution in [-0.2, 0) is 4.79 Å². The molecule has 0 unspecified atom stereocenters. The number of methoxy groups -OCH3 is 1. The van der Waals surface area contributed by atoms with Crippen LogP contribution >= 0.6 is 0 Å². The number of nitrogens with one attached hydrogen (secondary N) is 2. The van der Waals surface area contributed by atoms with Crippen molar-refractivity contribution in [1.29, 1.82) is 5.26 Å². The van der Waals surface area contributed by atoms with E-state index in [9.17, 15) is 4.79 Å². The van der Waals surface area contributed by atoms with Crippen molar-refractivity contribution >= 4 is 17.5 Å². The number of aromatic nitrogens is 2. The number of carbonyl (C=O) groups is 1. The van der Waals surface area contributed by atoms with Crippen LogP contribution in [0.5, 0.6) is 5.75 Å². The van der Waals surface area contributed by atoms with Gasteiger partial charge in [0.05, 0.1) is 7.11 Å². The van der Waals surface area contributed by atoms with Crippen LogP contribution < -0.4 is 15.4 Å². The molecule has 0 fully saturated rings. The van der Waals surface area contributed by atoms with Gasteiger partial charge >= 0.3 is 0 Å². The second-order valence-electron chi connectivity index (χ2n) is 4.07. The van der Waals surface area contributed by atoms with Gasteiger partial charge in [0.15, 0.2) is 0 Å². The van der Waals surface area contributed by atoms with Gasteiger partial charge in [0.25, 0.3) is 5.91 Å². The van der Waals surface area contributed by atoms with E-state index in [1.165, 1.54) is 6.20 Å². The molecule has 1 amide bonds. The molecule has 110 valence electrons. The van der Waals surface area contributed by atoms with Crippen molar-refractivity contribution in [3.8, 4) is 11.8 Å². The Morgan fingerprint density at radius 1 is 1.27 bits per heavy atom. The SMILES string of the molecule is COc1ccc(NC(=O)/C(C#N)=C\Nc2ncccn2)cc1. The average Bonchev–Trinajstić information content (AvgIpc) is 2.57. The molecule has 0 spiro atoms. The van der Waals surface area contributed by atoms with Crippen LogP contribution in [0.4, 0.5) is 11.6 Å². The number of rotatable bonds is 5. The van der Waals surface area contributed by atoms with Gasteiger partial charge in [-0.3, -0.25) is 4.79 Å². The molecule has 7 nitrogen and oxygen atoms in total. The highest BCUT2D eigenvalue weighted by atomic mass is 16.5. The van der Waals surface area contributed by atoms with Gasteiger partial charge in [-0.2, -0.15) is 5.26 Å². The minimum absolute atomic E-state index is 0.0942. The zero-order chi connectivity index (χ0) is 15.8. The lowest BCUT2D eigenvalue weighted by Gasteiger charge is -2.05. The van der Waals surface area contributed by atoms with E-state index in [-0.39, 0.29) is 5.57 Å². The summed E-state index contributed by atoms with van der Waals surface area (Å²) in [5.41, 5.74) is 0.464. The summed E-state index contributed by atoms with van der Waals surface area (Å²) in [7, 11) is 1.56. The summed E-state index contributed by atoms with van der Waals surface area (Å²) in [4.78, 5) is 19.9. The lowest BCUT2D eigenvalue weighted by Crippen LogP contribution is -2.14. The summed E-state index contributed by atoms with van der Waals surface area (Å²) >= 11 is 0. The normalized spacial score (nSPS) is 10.5. The van der Waals surface area contributed by atoms with Crippen LogP contribution in [0.25, 0.3) is 0 Å². The van der Waals surface area contributed by atoms with Crippen LogP contribution in [0, 0.1) is 11.3 Å². The van der Waals surface area contributed by atoms with E-state index >= 15 is 0 Å². The van der Waals surface area contributed by atoms with Crippen LogP contribution in [0.2, 0.25) is 0 Å². The van der Waals surface area contributed by atoms with Gasteiger partial charge in [-0.25, -0.2) is 9.97 Å². The van der Waals surface area contributed by atoms with Crippen LogP contribution in [0.15, 0.2) is 54.5 Å². The molecule has 2 rings (SSSR count). The molecule has 0 saturated carbocycles. The van der Waals surface area contributed by atoms with Crippen molar-refractivity contribution in [2.75, 3.05) is 17.7 Å². The highest BCUT2D eigenvalue weighted by Crippen LogP contribution is 2.15. The molecule has 0 radical (unpaired) electrons. The highest BCUT2D eigenvalue weighted by molar-refractivity contribution is 6.06. The molecule has 2 aromatic rings. The first-order valence-corrected chi connectivity index (χ1v) is 6.32. The van der Waals surface area contributed by atoms with Gasteiger partial charge in [0, 0.05) is 24.3 Å². The van der Waals surface area contributed by atoms with Crippen molar-refractivity contribution in [3.05, 3.63) is 54.5 Å². The van der Waals surface area contributed by atoms with E-state index in [1.54, 1.807) is 49.8 Å². The molecule has 1 heterocycles. The van der Waals surface area contributed by atoms with Crippen molar-refractivity contribution in [3.63, 3.8) is 0 Å². The Bertz CT molecular complexity index is 705. The minimum atomic E-state index is -0.531. The standard InChI is InChI=1S/C15H13N5O2/c1-22-13-5-3-12(4-6-13)20-14(21)11(9-16)10-19-15-17-7-2-8-18-15/h2-8,10H,1H3,(H,20,21)(H,17,18,19)/b11-10-. The van der Waals surface area contributed by atoms with E-state index in [4.69, 9.17) is 10.00 Å². The Balaban J connectivity index is 2.03. The maximum absolute atomic E-state index is 12.0. The van der Waals surface area contributed by atoms with Gasteiger partial charge in [0.2, 0.25) is 5.95 Å². The Kier molecular flexibility index (Phi) is 5.04. The van der Waals surface area contributed by atoms with Gasteiger partial charge < -0.3 is 15.4 Å². The second kappa shape index (κ2) is 7.40. The fourth-order valence-electron chi connectivity index (χ4n) is 1.53. The van der Waals surface area contributed by atoms with Crippen LogP contribution in [-0.4, -0.2) is 23.0 Å². The van der Waals surface area contributed by atoms with Gasteiger partial charge in [-0.15, -0.1) is 0 Å². The summed E-state index contributed by atoms with van der Waals surface area (Å²) in [6.07, 6.45) is 4.35. The molecule has 0 atom stereocenters. The highest BCUT2D eigenvalue weighted by Gasteiger charge is 2.09. The monoisotopic (exact) mass is 295 g/mol. The van der Waals surface area contributed by atoms with E-state index in [1.807, 2.05) is 6.07 Å². The van der Waals surface area contributed by atoms with Gasteiger partial charge in [-0.05, 0) is 30.3 Å². The predicted molar refractivity (Wildman–Crippen MR) is 81.0 cm³/mol. The third kappa shape index (κ3) is 4.05. The number of hydrogen-bond donors (Lipinski definition) is 2. The zero-order valence-corrected chi connectivity index (χ0v) is 11.8. The first-order valence-electron chi connectivity index (χ1n) is 6.32. The smallest absolute Gasteiger partial charge is 0.267 e. The Morgan fingerprint density at radius 3 is 2.55 bits per heavy atom. The first kappa shape index (κ1) is 15.0.